The molecule has 0 unspecified atom stereocenters. The van der Waals surface area contributed by atoms with Gasteiger partial charge in [0.2, 0.25) is 0 Å². The SMILES string of the molecule is CCOC(=O)c1ccnc(CF)c1. The van der Waals surface area contributed by atoms with Gasteiger partial charge in [0.15, 0.2) is 0 Å². The van der Waals surface area contributed by atoms with E-state index < -0.39 is 12.6 Å². The summed E-state index contributed by atoms with van der Waals surface area (Å²) in [6, 6.07) is 2.88. The Morgan fingerprint density at radius 2 is 2.46 bits per heavy atom. The van der Waals surface area contributed by atoms with E-state index in [1.807, 2.05) is 0 Å². The predicted molar refractivity (Wildman–Crippen MR) is 45.0 cm³/mol. The molecule has 0 aliphatic rings. The lowest BCUT2D eigenvalue weighted by Crippen LogP contribution is -2.05. The molecule has 1 heterocycles. The van der Waals surface area contributed by atoms with Crippen molar-refractivity contribution in [3.8, 4) is 0 Å². The van der Waals surface area contributed by atoms with Crippen LogP contribution in [0, 0.1) is 0 Å². The highest BCUT2D eigenvalue weighted by atomic mass is 19.1. The Bertz CT molecular complexity index is 301. The van der Waals surface area contributed by atoms with Crippen LogP contribution in [0.25, 0.3) is 0 Å². The van der Waals surface area contributed by atoms with E-state index >= 15 is 0 Å². The summed E-state index contributed by atoms with van der Waals surface area (Å²) in [6.07, 6.45) is 1.39. The first-order chi connectivity index (χ1) is 6.27. The Hall–Kier alpha value is -1.45. The van der Waals surface area contributed by atoms with Crippen molar-refractivity contribution in [1.82, 2.24) is 4.98 Å². The highest BCUT2D eigenvalue weighted by Crippen LogP contribution is 2.04. The molecule has 1 rings (SSSR count). The van der Waals surface area contributed by atoms with Crippen LogP contribution in [0.4, 0.5) is 4.39 Å². The summed E-state index contributed by atoms with van der Waals surface area (Å²) < 4.78 is 16.9. The van der Waals surface area contributed by atoms with Crippen LogP contribution < -0.4 is 0 Å². The van der Waals surface area contributed by atoms with Gasteiger partial charge in [0.25, 0.3) is 0 Å². The van der Waals surface area contributed by atoms with Gasteiger partial charge in [0.1, 0.15) is 6.67 Å². The molecule has 70 valence electrons. The van der Waals surface area contributed by atoms with Crippen LogP contribution >= 0.6 is 0 Å². The van der Waals surface area contributed by atoms with Gasteiger partial charge in [0.05, 0.1) is 17.9 Å². The van der Waals surface area contributed by atoms with Gasteiger partial charge in [-0.1, -0.05) is 0 Å². The monoisotopic (exact) mass is 183 g/mol. The van der Waals surface area contributed by atoms with Crippen LogP contribution in [-0.4, -0.2) is 17.6 Å². The second-order valence-electron chi connectivity index (χ2n) is 2.39. The average Bonchev–Trinajstić information content (AvgIpc) is 2.18. The molecule has 4 heteroatoms. The van der Waals surface area contributed by atoms with Crippen molar-refractivity contribution in [2.24, 2.45) is 0 Å². The fraction of sp³-hybridized carbons (Fsp3) is 0.333. The van der Waals surface area contributed by atoms with Crippen molar-refractivity contribution in [2.45, 2.75) is 13.6 Å². The zero-order chi connectivity index (χ0) is 9.68. The minimum Gasteiger partial charge on any atom is -0.462 e. The molecule has 0 aliphatic heterocycles. The smallest absolute Gasteiger partial charge is 0.338 e. The highest BCUT2D eigenvalue weighted by molar-refractivity contribution is 5.89. The molecule has 0 atom stereocenters. The zero-order valence-electron chi connectivity index (χ0n) is 7.29. The maximum Gasteiger partial charge on any atom is 0.338 e. The Morgan fingerprint density at radius 1 is 1.69 bits per heavy atom. The van der Waals surface area contributed by atoms with E-state index in [2.05, 4.69) is 4.98 Å². The number of halogens is 1. The standard InChI is InChI=1S/C9H10FNO2/c1-2-13-9(12)7-3-4-11-8(5-7)6-10/h3-5H,2,6H2,1H3. The summed E-state index contributed by atoms with van der Waals surface area (Å²) in [7, 11) is 0. The number of nitrogens with zero attached hydrogens (tertiary/aromatic N) is 1. The molecule has 0 aromatic carbocycles. The second kappa shape index (κ2) is 4.54. The lowest BCUT2D eigenvalue weighted by atomic mass is 10.2. The average molecular weight is 183 g/mol. The predicted octanol–water partition coefficient (Wildman–Crippen LogP) is 1.73. The van der Waals surface area contributed by atoms with E-state index in [9.17, 15) is 9.18 Å². The fourth-order valence-corrected chi connectivity index (χ4v) is 0.893. The quantitative estimate of drug-likeness (QED) is 0.670. The van der Waals surface area contributed by atoms with Crippen LogP contribution in [0.15, 0.2) is 18.3 Å². The molecule has 0 spiro atoms. The first kappa shape index (κ1) is 9.64. The molecule has 13 heavy (non-hydrogen) atoms. The van der Waals surface area contributed by atoms with Gasteiger partial charge in [-0.2, -0.15) is 0 Å². The summed E-state index contributed by atoms with van der Waals surface area (Å²) in [6.45, 7) is 1.36. The van der Waals surface area contributed by atoms with Gasteiger partial charge in [-0.05, 0) is 19.1 Å². The van der Waals surface area contributed by atoms with Crippen molar-refractivity contribution in [1.29, 1.82) is 0 Å². The van der Waals surface area contributed by atoms with Crippen molar-refractivity contribution in [2.75, 3.05) is 6.61 Å². The van der Waals surface area contributed by atoms with Crippen LogP contribution in [0.2, 0.25) is 0 Å². The minimum atomic E-state index is -0.673. The first-order valence-electron chi connectivity index (χ1n) is 3.96. The molecule has 1 aromatic heterocycles. The third-order valence-corrected chi connectivity index (χ3v) is 1.46. The fourth-order valence-electron chi connectivity index (χ4n) is 0.893. The van der Waals surface area contributed by atoms with Gasteiger partial charge < -0.3 is 4.74 Å². The number of aromatic nitrogens is 1. The van der Waals surface area contributed by atoms with Gasteiger partial charge in [0, 0.05) is 6.20 Å². The molecule has 0 saturated heterocycles. The molecular weight excluding hydrogens is 173 g/mol. The maximum absolute atomic E-state index is 12.1. The first-order valence-corrected chi connectivity index (χ1v) is 3.96. The van der Waals surface area contributed by atoms with Crippen molar-refractivity contribution in [3.63, 3.8) is 0 Å². The number of hydrogen-bond donors (Lipinski definition) is 0. The number of esters is 1. The molecule has 3 nitrogen and oxygen atoms in total. The van der Waals surface area contributed by atoms with Crippen molar-refractivity contribution in [3.05, 3.63) is 29.6 Å². The molecule has 0 aliphatic carbocycles. The van der Waals surface area contributed by atoms with Gasteiger partial charge in [-0.25, -0.2) is 9.18 Å². The topological polar surface area (TPSA) is 39.2 Å². The summed E-state index contributed by atoms with van der Waals surface area (Å²) in [4.78, 5) is 14.9. The van der Waals surface area contributed by atoms with Crippen molar-refractivity contribution < 1.29 is 13.9 Å². The number of hydrogen-bond acceptors (Lipinski definition) is 3. The lowest BCUT2D eigenvalue weighted by Gasteiger charge is -2.01. The van der Waals surface area contributed by atoms with E-state index in [1.54, 1.807) is 6.92 Å². The summed E-state index contributed by atoms with van der Waals surface area (Å²) in [5, 5.41) is 0. The molecular formula is C9H10FNO2. The van der Waals surface area contributed by atoms with E-state index in [4.69, 9.17) is 4.74 Å². The van der Waals surface area contributed by atoms with E-state index in [0.29, 0.717) is 12.2 Å². The van der Waals surface area contributed by atoms with E-state index in [0.717, 1.165) is 0 Å². The molecule has 0 bridgehead atoms. The largest absolute Gasteiger partial charge is 0.462 e. The van der Waals surface area contributed by atoms with Crippen LogP contribution in [-0.2, 0) is 11.4 Å². The molecule has 0 radical (unpaired) electrons. The number of alkyl halides is 1. The zero-order valence-corrected chi connectivity index (χ0v) is 7.29. The number of ether oxygens (including phenoxy) is 1. The number of carbonyl (C=O) groups is 1. The lowest BCUT2D eigenvalue weighted by molar-refractivity contribution is 0.0526. The van der Waals surface area contributed by atoms with Crippen molar-refractivity contribution >= 4 is 5.97 Å². The normalized spacial score (nSPS) is 9.69. The van der Waals surface area contributed by atoms with E-state index in [1.165, 1.54) is 18.3 Å². The summed E-state index contributed by atoms with van der Waals surface area (Å²) in [5.41, 5.74) is 0.579. The molecule has 0 amide bonds. The molecule has 0 N–H and O–H groups in total. The van der Waals surface area contributed by atoms with Crippen LogP contribution in [0.1, 0.15) is 23.0 Å². The third kappa shape index (κ3) is 2.50. The summed E-state index contributed by atoms with van der Waals surface area (Å²) in [5.74, 6) is -0.445. The molecule has 1 aromatic rings. The highest BCUT2D eigenvalue weighted by Gasteiger charge is 2.06. The molecule has 0 saturated carbocycles. The van der Waals surface area contributed by atoms with Gasteiger partial charge >= 0.3 is 5.97 Å². The van der Waals surface area contributed by atoms with Crippen LogP contribution in [0.5, 0.6) is 0 Å². The number of carbonyl (C=O) groups excluding carboxylic acids is 1. The maximum atomic E-state index is 12.1. The van der Waals surface area contributed by atoms with E-state index in [-0.39, 0.29) is 5.69 Å². The minimum absolute atomic E-state index is 0.241. The summed E-state index contributed by atoms with van der Waals surface area (Å²) >= 11 is 0. The van der Waals surface area contributed by atoms with Gasteiger partial charge in [-0.15, -0.1) is 0 Å². The number of rotatable bonds is 3. The van der Waals surface area contributed by atoms with Gasteiger partial charge in [-0.3, -0.25) is 4.98 Å². The van der Waals surface area contributed by atoms with Crippen LogP contribution in [0.3, 0.4) is 0 Å². The second-order valence-corrected chi connectivity index (χ2v) is 2.39. The third-order valence-electron chi connectivity index (χ3n) is 1.46. The molecule has 0 fully saturated rings. The number of pyridine rings is 1. The Balaban J connectivity index is 2.82. The Kier molecular flexibility index (Phi) is 3.37. The Morgan fingerprint density at radius 3 is 3.08 bits per heavy atom. The Labute approximate surface area is 75.6 Å².